The summed E-state index contributed by atoms with van der Waals surface area (Å²) in [5, 5.41) is 17.6. The van der Waals surface area contributed by atoms with Crippen molar-refractivity contribution in [2.45, 2.75) is 6.42 Å². The number of hydrogen-bond acceptors (Lipinski definition) is 5. The molecule has 0 saturated carbocycles. The van der Waals surface area contributed by atoms with Crippen LogP contribution in [0.15, 0.2) is 0 Å². The lowest BCUT2D eigenvalue weighted by Gasteiger charge is -2.33. The third-order valence-corrected chi connectivity index (χ3v) is 3.18. The molecule has 0 unspecified atom stereocenters. The maximum atomic E-state index is 10.5. The van der Waals surface area contributed by atoms with Gasteiger partial charge in [0.05, 0.1) is 32.6 Å². The van der Waals surface area contributed by atoms with E-state index >= 15 is 0 Å². The van der Waals surface area contributed by atoms with Gasteiger partial charge in [-0.2, -0.15) is 8.42 Å². The molecule has 8 heteroatoms. The van der Waals surface area contributed by atoms with Crippen LogP contribution in [0.5, 0.6) is 0 Å². The number of aliphatic hydroxyl groups excluding tert-OH is 2. The Morgan fingerprint density at radius 2 is 1.50 bits per heavy atom. The highest BCUT2D eigenvalue weighted by Crippen LogP contribution is 2.04. The molecule has 0 aromatic carbocycles. The van der Waals surface area contributed by atoms with Gasteiger partial charge in [0.1, 0.15) is 13.1 Å². The number of hydrogen-bond donors (Lipinski definition) is 3. The van der Waals surface area contributed by atoms with Crippen LogP contribution in [-0.2, 0) is 10.1 Å². The van der Waals surface area contributed by atoms with E-state index in [1.54, 1.807) is 0 Å². The summed E-state index contributed by atoms with van der Waals surface area (Å²) in [5.41, 5.74) is 0. The molecule has 16 heavy (non-hydrogen) atoms. The van der Waals surface area contributed by atoms with Gasteiger partial charge in [-0.25, -0.2) is 0 Å². The largest absolute Gasteiger partial charge is 0.870 e. The Morgan fingerprint density at radius 1 is 1.06 bits per heavy atom. The molecule has 0 aliphatic heterocycles. The van der Waals surface area contributed by atoms with Gasteiger partial charge in [-0.15, -0.1) is 0 Å². The van der Waals surface area contributed by atoms with E-state index in [2.05, 4.69) is 0 Å². The van der Waals surface area contributed by atoms with E-state index in [1.807, 2.05) is 7.05 Å². The van der Waals surface area contributed by atoms with Crippen LogP contribution in [0.2, 0.25) is 0 Å². The lowest BCUT2D eigenvalue weighted by molar-refractivity contribution is -0.910. The summed E-state index contributed by atoms with van der Waals surface area (Å²) >= 11 is 0. The minimum Gasteiger partial charge on any atom is -0.870 e. The molecule has 0 aliphatic carbocycles. The van der Waals surface area contributed by atoms with Crippen molar-refractivity contribution in [1.82, 2.24) is 0 Å². The first-order valence-corrected chi connectivity index (χ1v) is 6.44. The molecule has 100 valence electrons. The van der Waals surface area contributed by atoms with Gasteiger partial charge >= 0.3 is 0 Å². The summed E-state index contributed by atoms with van der Waals surface area (Å²) in [6, 6.07) is 0. The first-order chi connectivity index (χ1) is 6.83. The predicted molar refractivity (Wildman–Crippen MR) is 57.9 cm³/mol. The van der Waals surface area contributed by atoms with E-state index in [4.69, 9.17) is 14.8 Å². The first-order valence-electron chi connectivity index (χ1n) is 4.83. The van der Waals surface area contributed by atoms with Crippen LogP contribution < -0.4 is 0 Å². The molecule has 0 bridgehead atoms. The van der Waals surface area contributed by atoms with Crippen molar-refractivity contribution in [3.05, 3.63) is 0 Å². The van der Waals surface area contributed by atoms with E-state index < -0.39 is 10.1 Å². The Labute approximate surface area is 96.0 Å². The Bertz CT molecular complexity index is 260. The van der Waals surface area contributed by atoms with Crippen LogP contribution >= 0.6 is 0 Å². The number of nitrogens with zero attached hydrogens (tertiary/aromatic N) is 1. The lowest BCUT2D eigenvalue weighted by Crippen LogP contribution is -2.49. The summed E-state index contributed by atoms with van der Waals surface area (Å²) in [6.45, 7) is 1.41. The van der Waals surface area contributed by atoms with Crippen molar-refractivity contribution >= 4 is 10.1 Å². The highest BCUT2D eigenvalue weighted by Gasteiger charge is 2.20. The molecule has 0 spiro atoms. The second kappa shape index (κ2) is 7.93. The minimum absolute atomic E-state index is 0. The van der Waals surface area contributed by atoms with Crippen molar-refractivity contribution in [1.29, 1.82) is 0 Å². The van der Waals surface area contributed by atoms with Crippen LogP contribution in [-0.4, -0.2) is 78.8 Å². The van der Waals surface area contributed by atoms with E-state index in [1.165, 1.54) is 0 Å². The number of quaternary nitrogens is 1. The molecule has 0 saturated heterocycles. The van der Waals surface area contributed by atoms with Gasteiger partial charge in [-0.3, -0.25) is 4.55 Å². The van der Waals surface area contributed by atoms with Crippen LogP contribution in [0.3, 0.4) is 0 Å². The molecule has 0 aliphatic rings. The molecule has 4 N–H and O–H groups in total. The van der Waals surface area contributed by atoms with Crippen LogP contribution in [0.1, 0.15) is 6.42 Å². The number of likely N-dealkylation sites (N-methyl/N-ethyl adjacent to an activating group) is 1. The molecule has 0 amide bonds. The van der Waals surface area contributed by atoms with Crippen LogP contribution in [0.25, 0.3) is 0 Å². The standard InChI is InChI=1S/C8H19NO5S.H2O/c1-9(4-6-10,5-7-11)3-2-8-15(12,13)14;/h10-11H,2-8H2,1H3;1H2. The summed E-state index contributed by atoms with van der Waals surface area (Å²) in [4.78, 5) is 0. The average Bonchev–Trinajstić information content (AvgIpc) is 2.01. The van der Waals surface area contributed by atoms with E-state index in [-0.39, 0.29) is 24.4 Å². The smallest absolute Gasteiger partial charge is 0.265 e. The van der Waals surface area contributed by atoms with E-state index in [9.17, 15) is 8.42 Å². The van der Waals surface area contributed by atoms with Crippen molar-refractivity contribution in [2.75, 3.05) is 45.6 Å². The SMILES string of the molecule is C[N+](CCO)(CCO)CCCS(=O)(=O)O.[OH-]. The second-order valence-electron chi connectivity index (χ2n) is 3.88. The van der Waals surface area contributed by atoms with Gasteiger partial charge in [0.2, 0.25) is 0 Å². The van der Waals surface area contributed by atoms with Gasteiger partial charge in [-0.05, 0) is 0 Å². The summed E-state index contributed by atoms with van der Waals surface area (Å²) in [6.07, 6.45) is 0.315. The molecular formula is C8H21NO6S. The van der Waals surface area contributed by atoms with Gasteiger partial charge < -0.3 is 20.2 Å². The lowest BCUT2D eigenvalue weighted by atomic mass is 10.3. The molecule has 0 aromatic rings. The molecule has 0 heterocycles. The first kappa shape index (κ1) is 18.1. The van der Waals surface area contributed by atoms with Crippen LogP contribution in [0, 0.1) is 0 Å². The van der Waals surface area contributed by atoms with Crippen molar-refractivity contribution in [2.24, 2.45) is 0 Å². The monoisotopic (exact) mass is 259 g/mol. The topological polar surface area (TPSA) is 125 Å². The molecule has 0 fully saturated rings. The van der Waals surface area contributed by atoms with Crippen molar-refractivity contribution in [3.8, 4) is 0 Å². The van der Waals surface area contributed by atoms with Gasteiger partial charge in [0.15, 0.2) is 0 Å². The van der Waals surface area contributed by atoms with Crippen molar-refractivity contribution < 1.29 is 33.1 Å². The predicted octanol–water partition coefficient (Wildman–Crippen LogP) is -1.48. The zero-order chi connectivity index (χ0) is 11.9. The Hall–Kier alpha value is -0.250. The van der Waals surface area contributed by atoms with Gasteiger partial charge in [-0.1, -0.05) is 0 Å². The third-order valence-electron chi connectivity index (χ3n) is 2.38. The molecule has 7 nitrogen and oxygen atoms in total. The molecular weight excluding hydrogens is 238 g/mol. The third kappa shape index (κ3) is 9.01. The number of rotatable bonds is 8. The fourth-order valence-electron chi connectivity index (χ4n) is 1.45. The second-order valence-corrected chi connectivity index (χ2v) is 5.45. The summed E-state index contributed by atoms with van der Waals surface area (Å²) < 4.78 is 29.9. The van der Waals surface area contributed by atoms with E-state index in [0.717, 1.165) is 0 Å². The molecule has 0 aromatic heterocycles. The molecule has 0 radical (unpaired) electrons. The Morgan fingerprint density at radius 3 is 1.81 bits per heavy atom. The molecule has 0 atom stereocenters. The van der Waals surface area contributed by atoms with Crippen LogP contribution in [0.4, 0.5) is 0 Å². The Balaban J connectivity index is 0. The van der Waals surface area contributed by atoms with Gasteiger partial charge in [0, 0.05) is 6.42 Å². The number of aliphatic hydroxyl groups is 2. The maximum absolute atomic E-state index is 10.5. The fourth-order valence-corrected chi connectivity index (χ4v) is 1.94. The summed E-state index contributed by atoms with van der Waals surface area (Å²) in [5.74, 6) is -0.280. The normalized spacial score (nSPS) is 12.2. The summed E-state index contributed by atoms with van der Waals surface area (Å²) in [7, 11) is -2.08. The van der Waals surface area contributed by atoms with E-state index in [0.29, 0.717) is 30.5 Å². The zero-order valence-corrected chi connectivity index (χ0v) is 10.2. The zero-order valence-electron chi connectivity index (χ0n) is 9.41. The highest BCUT2D eigenvalue weighted by atomic mass is 32.2. The minimum atomic E-state index is -3.91. The maximum Gasteiger partial charge on any atom is 0.265 e. The Kier molecular flexibility index (Phi) is 8.99. The highest BCUT2D eigenvalue weighted by molar-refractivity contribution is 7.85. The van der Waals surface area contributed by atoms with Crippen molar-refractivity contribution in [3.63, 3.8) is 0 Å². The average molecular weight is 259 g/mol. The van der Waals surface area contributed by atoms with Gasteiger partial charge in [0.25, 0.3) is 10.1 Å². The quantitative estimate of drug-likeness (QED) is 0.360. The fraction of sp³-hybridized carbons (Fsp3) is 1.00. The molecule has 0 rings (SSSR count).